The minimum atomic E-state index is -0.704. The Hall–Kier alpha value is -4.46. The van der Waals surface area contributed by atoms with E-state index in [1.807, 2.05) is 42.5 Å². The first kappa shape index (κ1) is 27.1. The van der Waals surface area contributed by atoms with E-state index in [4.69, 9.17) is 10.5 Å². The molecule has 1 aromatic heterocycles. The summed E-state index contributed by atoms with van der Waals surface area (Å²) in [6, 6.07) is 17.6. The molecule has 40 heavy (non-hydrogen) atoms. The van der Waals surface area contributed by atoms with Crippen molar-refractivity contribution >= 4 is 17.7 Å². The van der Waals surface area contributed by atoms with Gasteiger partial charge < -0.3 is 20.7 Å². The van der Waals surface area contributed by atoms with Gasteiger partial charge in [0.2, 0.25) is 5.91 Å². The van der Waals surface area contributed by atoms with Gasteiger partial charge in [0, 0.05) is 36.6 Å². The molecule has 8 nitrogen and oxygen atoms in total. The summed E-state index contributed by atoms with van der Waals surface area (Å²) in [6.07, 6.45) is 10.8. The number of nitrogens with zero attached hydrogens (tertiary/aromatic N) is 2. The number of amides is 3. The van der Waals surface area contributed by atoms with Gasteiger partial charge in [-0.05, 0) is 61.4 Å². The van der Waals surface area contributed by atoms with Gasteiger partial charge in [-0.15, -0.1) is 0 Å². The Labute approximate surface area is 234 Å². The molecule has 3 amide bonds. The summed E-state index contributed by atoms with van der Waals surface area (Å²) in [6.45, 7) is 0.456. The van der Waals surface area contributed by atoms with Crippen molar-refractivity contribution in [2.75, 3.05) is 13.2 Å². The molecule has 1 aliphatic carbocycles. The van der Waals surface area contributed by atoms with Crippen LogP contribution in [0.1, 0.15) is 71.1 Å². The van der Waals surface area contributed by atoms with Crippen LogP contribution in [0.15, 0.2) is 84.7 Å². The Morgan fingerprint density at radius 3 is 2.58 bits per heavy atom. The van der Waals surface area contributed by atoms with Crippen molar-refractivity contribution in [3.05, 3.63) is 107 Å². The fourth-order valence-electron chi connectivity index (χ4n) is 5.67. The fraction of sp³-hybridized carbons (Fsp3) is 0.312. The highest BCUT2D eigenvalue weighted by molar-refractivity contribution is 6.01. The Balaban J connectivity index is 1.57. The molecule has 0 spiro atoms. The van der Waals surface area contributed by atoms with Crippen LogP contribution in [-0.4, -0.2) is 40.8 Å². The van der Waals surface area contributed by atoms with Gasteiger partial charge in [0.25, 0.3) is 11.8 Å². The van der Waals surface area contributed by atoms with Crippen molar-refractivity contribution in [1.82, 2.24) is 15.2 Å². The number of aromatic nitrogens is 1. The number of fused-ring (bicyclic) bond motifs is 1. The van der Waals surface area contributed by atoms with Crippen LogP contribution in [0.25, 0.3) is 0 Å². The number of benzene rings is 2. The molecule has 1 aliphatic heterocycles. The number of rotatable bonds is 10. The molecule has 2 atom stereocenters. The van der Waals surface area contributed by atoms with E-state index in [0.717, 1.165) is 31.2 Å². The maximum atomic E-state index is 14.1. The Morgan fingerprint density at radius 2 is 1.82 bits per heavy atom. The number of hydrogen-bond donors (Lipinski definition) is 2. The molecule has 0 fully saturated rings. The number of para-hydroxylation sites is 1. The van der Waals surface area contributed by atoms with Crippen LogP contribution in [0.5, 0.6) is 5.75 Å². The minimum Gasteiger partial charge on any atom is -0.483 e. The van der Waals surface area contributed by atoms with Gasteiger partial charge in [-0.3, -0.25) is 19.4 Å². The first-order valence-electron chi connectivity index (χ1n) is 13.8. The highest BCUT2D eigenvalue weighted by Crippen LogP contribution is 2.46. The quantitative estimate of drug-likeness (QED) is 0.371. The van der Waals surface area contributed by atoms with E-state index < -0.39 is 17.9 Å². The van der Waals surface area contributed by atoms with Gasteiger partial charge in [0.15, 0.2) is 6.61 Å². The maximum Gasteiger partial charge on any atom is 0.255 e. The Kier molecular flexibility index (Phi) is 8.54. The zero-order valence-electron chi connectivity index (χ0n) is 22.4. The van der Waals surface area contributed by atoms with Crippen LogP contribution in [0.2, 0.25) is 0 Å². The average Bonchev–Trinajstić information content (AvgIpc) is 2.99. The maximum absolute atomic E-state index is 14.1. The lowest BCUT2D eigenvalue weighted by molar-refractivity contribution is -0.124. The molecule has 2 unspecified atom stereocenters. The molecule has 206 valence electrons. The van der Waals surface area contributed by atoms with E-state index in [1.165, 1.54) is 12.0 Å². The molecule has 3 N–H and O–H groups in total. The normalized spacial score (nSPS) is 18.4. The van der Waals surface area contributed by atoms with Gasteiger partial charge in [-0.1, -0.05) is 54.1 Å². The highest BCUT2D eigenvalue weighted by atomic mass is 16.5. The van der Waals surface area contributed by atoms with Crippen LogP contribution in [0.3, 0.4) is 0 Å². The van der Waals surface area contributed by atoms with Crippen molar-refractivity contribution in [3.63, 3.8) is 0 Å². The van der Waals surface area contributed by atoms with Gasteiger partial charge in [-0.2, -0.15) is 0 Å². The standard InChI is InChI=1S/C32H34N4O4/c33-28(37)21-40-27-15-7-6-14-26(27)30-29(31(38)35-20-23-11-8-17-34-19-23)24-12-4-5-13-25(24)32(39)36(30)18-16-22-9-2-1-3-10-22/h4-9,11-15,17,19,29-30H,1-3,10,16,18,20-21H2,(H2,33,37)(H,35,38). The Morgan fingerprint density at radius 1 is 1.02 bits per heavy atom. The zero-order chi connectivity index (χ0) is 27.9. The van der Waals surface area contributed by atoms with E-state index in [1.54, 1.807) is 35.5 Å². The molecular formula is C32H34N4O4. The zero-order valence-corrected chi connectivity index (χ0v) is 22.4. The number of hydrogen-bond acceptors (Lipinski definition) is 5. The first-order chi connectivity index (χ1) is 19.5. The minimum absolute atomic E-state index is 0.127. The van der Waals surface area contributed by atoms with Gasteiger partial charge >= 0.3 is 0 Å². The molecule has 0 saturated heterocycles. The predicted octanol–water partition coefficient (Wildman–Crippen LogP) is 4.43. The smallest absolute Gasteiger partial charge is 0.255 e. The predicted molar refractivity (Wildman–Crippen MR) is 151 cm³/mol. The van der Waals surface area contributed by atoms with Crippen LogP contribution in [0.4, 0.5) is 0 Å². The average molecular weight is 539 g/mol. The number of pyridine rings is 1. The molecule has 8 heteroatoms. The highest BCUT2D eigenvalue weighted by Gasteiger charge is 2.45. The molecule has 2 aliphatic rings. The number of allylic oxidation sites excluding steroid dienone is 1. The summed E-state index contributed by atoms with van der Waals surface area (Å²) in [7, 11) is 0. The third-order valence-electron chi connectivity index (χ3n) is 7.58. The second-order valence-electron chi connectivity index (χ2n) is 10.2. The molecule has 0 bridgehead atoms. The number of ether oxygens (including phenoxy) is 1. The Bertz CT molecular complexity index is 1400. The van der Waals surface area contributed by atoms with Crippen LogP contribution >= 0.6 is 0 Å². The van der Waals surface area contributed by atoms with E-state index >= 15 is 0 Å². The summed E-state index contributed by atoms with van der Waals surface area (Å²) in [5.74, 6) is -1.22. The largest absolute Gasteiger partial charge is 0.483 e. The summed E-state index contributed by atoms with van der Waals surface area (Å²) in [5, 5.41) is 3.08. The molecule has 0 saturated carbocycles. The summed E-state index contributed by atoms with van der Waals surface area (Å²) in [4.78, 5) is 45.6. The monoisotopic (exact) mass is 538 g/mol. The van der Waals surface area contributed by atoms with Crippen molar-refractivity contribution in [2.45, 2.75) is 50.6 Å². The van der Waals surface area contributed by atoms with Crippen LogP contribution in [0, 0.1) is 0 Å². The number of carbonyl (C=O) groups is 3. The second-order valence-corrected chi connectivity index (χ2v) is 10.2. The summed E-state index contributed by atoms with van der Waals surface area (Å²) in [5.41, 5.74) is 9.44. The number of nitrogens with two attached hydrogens (primary N) is 1. The van der Waals surface area contributed by atoms with E-state index in [-0.39, 0.29) is 18.4 Å². The number of nitrogens with one attached hydrogen (secondary N) is 1. The first-order valence-corrected chi connectivity index (χ1v) is 13.8. The lowest BCUT2D eigenvalue weighted by Crippen LogP contribution is -2.47. The third kappa shape index (κ3) is 6.06. The lowest BCUT2D eigenvalue weighted by Gasteiger charge is -2.42. The van der Waals surface area contributed by atoms with Crippen molar-refractivity contribution in [2.24, 2.45) is 5.73 Å². The van der Waals surface area contributed by atoms with E-state index in [2.05, 4.69) is 16.4 Å². The summed E-state index contributed by atoms with van der Waals surface area (Å²) >= 11 is 0. The molecular weight excluding hydrogens is 504 g/mol. The summed E-state index contributed by atoms with van der Waals surface area (Å²) < 4.78 is 5.81. The fourth-order valence-corrected chi connectivity index (χ4v) is 5.67. The molecule has 2 heterocycles. The van der Waals surface area contributed by atoms with Crippen molar-refractivity contribution < 1.29 is 19.1 Å². The molecule has 3 aromatic rings. The second kappa shape index (κ2) is 12.6. The van der Waals surface area contributed by atoms with Crippen LogP contribution < -0.4 is 15.8 Å². The molecule has 0 radical (unpaired) electrons. The van der Waals surface area contributed by atoms with Gasteiger partial charge in [0.05, 0.1) is 12.0 Å². The lowest BCUT2D eigenvalue weighted by atomic mass is 9.78. The van der Waals surface area contributed by atoms with Crippen molar-refractivity contribution in [3.8, 4) is 5.75 Å². The van der Waals surface area contributed by atoms with E-state index in [0.29, 0.717) is 35.5 Å². The van der Waals surface area contributed by atoms with Gasteiger partial charge in [0.1, 0.15) is 5.75 Å². The third-order valence-corrected chi connectivity index (χ3v) is 7.58. The SMILES string of the molecule is NC(=O)COc1ccccc1C1C(C(=O)NCc2cccnc2)c2ccccc2C(=O)N1CCC1=CCCCC1. The number of carbonyl (C=O) groups excluding carboxylic acids is 3. The van der Waals surface area contributed by atoms with E-state index in [9.17, 15) is 14.4 Å². The topological polar surface area (TPSA) is 115 Å². The molecule has 5 rings (SSSR count). The number of primary amides is 1. The molecule has 2 aromatic carbocycles. The van der Waals surface area contributed by atoms with Crippen molar-refractivity contribution in [1.29, 1.82) is 0 Å². The van der Waals surface area contributed by atoms with Gasteiger partial charge in [-0.25, -0.2) is 0 Å². The van der Waals surface area contributed by atoms with Crippen LogP contribution in [-0.2, 0) is 16.1 Å².